The van der Waals surface area contributed by atoms with Gasteiger partial charge in [-0.15, -0.1) is 0 Å². The Balaban J connectivity index is 1.98. The van der Waals surface area contributed by atoms with Crippen LogP contribution in [0.1, 0.15) is 11.1 Å². The van der Waals surface area contributed by atoms with Crippen LogP contribution in [0.5, 0.6) is 0 Å². The van der Waals surface area contributed by atoms with Crippen molar-refractivity contribution in [3.63, 3.8) is 0 Å². The van der Waals surface area contributed by atoms with Gasteiger partial charge in [0.15, 0.2) is 11.6 Å². The molecule has 1 heterocycles. The van der Waals surface area contributed by atoms with E-state index in [0.29, 0.717) is 12.0 Å². The Hall–Kier alpha value is -1.75. The van der Waals surface area contributed by atoms with E-state index in [-0.39, 0.29) is 6.42 Å². The van der Waals surface area contributed by atoms with Crippen LogP contribution in [0.25, 0.3) is 0 Å². The van der Waals surface area contributed by atoms with Gasteiger partial charge in [0, 0.05) is 19.7 Å². The van der Waals surface area contributed by atoms with E-state index in [1.165, 1.54) is 6.07 Å². The topological polar surface area (TPSA) is 38.0 Å². The maximum absolute atomic E-state index is 13.0. The number of hydrogen-bond acceptors (Lipinski definition) is 2. The molecule has 2 rings (SSSR count). The average Bonchev–Trinajstić information content (AvgIpc) is 2.69. The van der Waals surface area contributed by atoms with Gasteiger partial charge in [0.25, 0.3) is 0 Å². The molecule has 2 aromatic rings. The van der Waals surface area contributed by atoms with E-state index in [1.54, 1.807) is 17.9 Å². The van der Waals surface area contributed by atoms with Gasteiger partial charge in [-0.1, -0.05) is 6.07 Å². The Morgan fingerprint density at radius 1 is 1.22 bits per heavy atom. The smallest absolute Gasteiger partial charge is 0.159 e. The fourth-order valence-electron chi connectivity index (χ4n) is 1.86. The average molecular weight is 252 g/mol. The van der Waals surface area contributed by atoms with Crippen LogP contribution >= 0.6 is 0 Å². The minimum Gasteiger partial charge on any atom is -0.392 e. The summed E-state index contributed by atoms with van der Waals surface area (Å²) in [4.78, 5) is 0. The zero-order chi connectivity index (χ0) is 13.1. The molecule has 0 amide bonds. The first-order chi connectivity index (χ1) is 8.54. The highest BCUT2D eigenvalue weighted by molar-refractivity contribution is 5.19. The molecule has 0 saturated carbocycles. The van der Waals surface area contributed by atoms with Gasteiger partial charge in [0.1, 0.15) is 0 Å². The van der Waals surface area contributed by atoms with Gasteiger partial charge in [0.2, 0.25) is 0 Å². The number of halogens is 2. The molecule has 1 atom stereocenters. The summed E-state index contributed by atoms with van der Waals surface area (Å²) in [6.07, 6.45) is 3.57. The fourth-order valence-corrected chi connectivity index (χ4v) is 1.86. The van der Waals surface area contributed by atoms with E-state index >= 15 is 0 Å². The first-order valence-corrected chi connectivity index (χ1v) is 5.64. The van der Waals surface area contributed by atoms with Gasteiger partial charge >= 0.3 is 0 Å². The van der Waals surface area contributed by atoms with Gasteiger partial charge in [0.05, 0.1) is 12.3 Å². The van der Waals surface area contributed by atoms with Crippen molar-refractivity contribution in [1.29, 1.82) is 0 Å². The highest BCUT2D eigenvalue weighted by Crippen LogP contribution is 2.12. The molecule has 18 heavy (non-hydrogen) atoms. The lowest BCUT2D eigenvalue weighted by Gasteiger charge is -2.09. The van der Waals surface area contributed by atoms with Crippen molar-refractivity contribution >= 4 is 0 Å². The first kappa shape index (κ1) is 12.7. The standard InChI is InChI=1S/C13H14F2N2O/c1-17-8-10(7-16-17)5-11(18)4-9-2-3-12(14)13(15)6-9/h2-3,6-8,11,18H,4-5H2,1H3. The van der Waals surface area contributed by atoms with Crippen molar-refractivity contribution in [3.05, 3.63) is 53.4 Å². The monoisotopic (exact) mass is 252 g/mol. The molecule has 1 aromatic carbocycles. The van der Waals surface area contributed by atoms with Crippen LogP contribution in [-0.4, -0.2) is 21.0 Å². The number of hydrogen-bond donors (Lipinski definition) is 1. The van der Waals surface area contributed by atoms with Crippen LogP contribution in [0.3, 0.4) is 0 Å². The molecular formula is C13H14F2N2O. The third-order valence-electron chi connectivity index (χ3n) is 2.69. The van der Waals surface area contributed by atoms with Gasteiger partial charge in [-0.3, -0.25) is 4.68 Å². The summed E-state index contributed by atoms with van der Waals surface area (Å²) in [7, 11) is 1.80. The molecule has 0 aliphatic carbocycles. The molecule has 0 saturated heterocycles. The van der Waals surface area contributed by atoms with Gasteiger partial charge in [-0.25, -0.2) is 8.78 Å². The van der Waals surface area contributed by atoms with Crippen LogP contribution in [0.2, 0.25) is 0 Å². The van der Waals surface area contributed by atoms with Crippen molar-refractivity contribution in [2.45, 2.75) is 18.9 Å². The van der Waals surface area contributed by atoms with Crippen LogP contribution in [-0.2, 0) is 19.9 Å². The van der Waals surface area contributed by atoms with Gasteiger partial charge in [-0.05, 0) is 29.7 Å². The minimum atomic E-state index is -0.888. The van der Waals surface area contributed by atoms with Crippen LogP contribution in [0.4, 0.5) is 8.78 Å². The molecule has 96 valence electrons. The van der Waals surface area contributed by atoms with Gasteiger partial charge < -0.3 is 5.11 Å². The third-order valence-corrected chi connectivity index (χ3v) is 2.69. The Kier molecular flexibility index (Phi) is 3.72. The Labute approximate surface area is 104 Å². The lowest BCUT2D eigenvalue weighted by molar-refractivity contribution is 0.175. The van der Waals surface area contributed by atoms with Crippen molar-refractivity contribution in [2.75, 3.05) is 0 Å². The molecule has 0 aliphatic heterocycles. The number of aliphatic hydroxyl groups excluding tert-OH is 1. The van der Waals surface area contributed by atoms with E-state index in [2.05, 4.69) is 5.10 Å². The second kappa shape index (κ2) is 5.27. The van der Waals surface area contributed by atoms with Crippen LogP contribution < -0.4 is 0 Å². The second-order valence-electron chi connectivity index (χ2n) is 4.33. The number of aryl methyl sites for hydroxylation is 1. The largest absolute Gasteiger partial charge is 0.392 e. The van der Waals surface area contributed by atoms with E-state index < -0.39 is 17.7 Å². The summed E-state index contributed by atoms with van der Waals surface area (Å²) < 4.78 is 27.4. The number of benzene rings is 1. The molecule has 3 nitrogen and oxygen atoms in total. The zero-order valence-corrected chi connectivity index (χ0v) is 9.98. The summed E-state index contributed by atoms with van der Waals surface area (Å²) in [5.74, 6) is -1.76. The van der Waals surface area contributed by atoms with E-state index in [1.807, 2.05) is 6.20 Å². The molecule has 0 fully saturated rings. The summed E-state index contributed by atoms with van der Waals surface area (Å²) in [6, 6.07) is 3.66. The number of aromatic nitrogens is 2. The number of rotatable bonds is 4. The maximum atomic E-state index is 13.0. The Morgan fingerprint density at radius 2 is 1.94 bits per heavy atom. The van der Waals surface area contributed by atoms with Crippen LogP contribution in [0, 0.1) is 11.6 Å². The van der Waals surface area contributed by atoms with E-state index in [0.717, 1.165) is 17.7 Å². The molecule has 5 heteroatoms. The summed E-state index contributed by atoms with van der Waals surface area (Å²) in [5, 5.41) is 13.9. The fraction of sp³-hybridized carbons (Fsp3) is 0.308. The van der Waals surface area contributed by atoms with Gasteiger partial charge in [-0.2, -0.15) is 5.10 Å². The van der Waals surface area contributed by atoms with Crippen molar-refractivity contribution in [1.82, 2.24) is 9.78 Å². The second-order valence-corrected chi connectivity index (χ2v) is 4.33. The molecule has 0 spiro atoms. The molecule has 1 aromatic heterocycles. The van der Waals surface area contributed by atoms with Crippen molar-refractivity contribution < 1.29 is 13.9 Å². The SMILES string of the molecule is Cn1cc(CC(O)Cc2ccc(F)c(F)c2)cn1. The van der Waals surface area contributed by atoms with Crippen molar-refractivity contribution in [2.24, 2.45) is 7.05 Å². The minimum absolute atomic E-state index is 0.284. The highest BCUT2D eigenvalue weighted by atomic mass is 19.2. The molecule has 0 bridgehead atoms. The lowest BCUT2D eigenvalue weighted by atomic mass is 10.0. The van der Waals surface area contributed by atoms with E-state index in [9.17, 15) is 13.9 Å². The molecule has 0 aliphatic rings. The Bertz CT molecular complexity index is 540. The highest BCUT2D eigenvalue weighted by Gasteiger charge is 2.10. The number of aliphatic hydroxyl groups is 1. The first-order valence-electron chi connectivity index (χ1n) is 5.64. The predicted octanol–water partition coefficient (Wildman–Crippen LogP) is 1.84. The third kappa shape index (κ3) is 3.13. The van der Waals surface area contributed by atoms with Crippen molar-refractivity contribution in [3.8, 4) is 0 Å². The number of nitrogens with zero attached hydrogens (tertiary/aromatic N) is 2. The normalized spacial score (nSPS) is 12.7. The summed E-state index contributed by atoms with van der Waals surface area (Å²) >= 11 is 0. The summed E-state index contributed by atoms with van der Waals surface area (Å²) in [5.41, 5.74) is 1.48. The molecule has 0 radical (unpaired) electrons. The predicted molar refractivity (Wildman–Crippen MR) is 63.0 cm³/mol. The lowest BCUT2D eigenvalue weighted by Crippen LogP contribution is -2.13. The van der Waals surface area contributed by atoms with E-state index in [4.69, 9.17) is 0 Å². The summed E-state index contributed by atoms with van der Waals surface area (Å²) in [6.45, 7) is 0. The van der Waals surface area contributed by atoms with Crippen LogP contribution in [0.15, 0.2) is 30.6 Å². The molecule has 1 N–H and O–H groups in total. The molecule has 1 unspecified atom stereocenters. The maximum Gasteiger partial charge on any atom is 0.159 e. The quantitative estimate of drug-likeness (QED) is 0.901. The zero-order valence-electron chi connectivity index (χ0n) is 9.98. The molecular weight excluding hydrogens is 238 g/mol. The Morgan fingerprint density at radius 3 is 2.56 bits per heavy atom.